The molecule has 1 aliphatic rings. The van der Waals surface area contributed by atoms with E-state index in [9.17, 15) is 0 Å². The van der Waals surface area contributed by atoms with Crippen molar-refractivity contribution in [3.8, 4) is 0 Å². The molecule has 1 fully saturated rings. The molecule has 0 aliphatic carbocycles. The molecule has 3 nitrogen and oxygen atoms in total. The van der Waals surface area contributed by atoms with Gasteiger partial charge in [-0.25, -0.2) is 0 Å². The molecule has 0 amide bonds. The third kappa shape index (κ3) is 5.84. The van der Waals surface area contributed by atoms with Gasteiger partial charge in [0.2, 0.25) is 0 Å². The van der Waals surface area contributed by atoms with E-state index in [0.717, 1.165) is 32.7 Å². The fraction of sp³-hybridized carbons (Fsp3) is 1.00. The second-order valence-electron chi connectivity index (χ2n) is 5.78. The first kappa shape index (κ1) is 14.9. The van der Waals surface area contributed by atoms with Gasteiger partial charge < -0.3 is 10.1 Å². The minimum atomic E-state index is 0.210. The zero-order chi connectivity index (χ0) is 12.7. The Hall–Kier alpha value is -0.120. The van der Waals surface area contributed by atoms with Crippen molar-refractivity contribution in [3.63, 3.8) is 0 Å². The lowest BCUT2D eigenvalue weighted by atomic mass is 10.0. The Morgan fingerprint density at radius 1 is 1.35 bits per heavy atom. The number of rotatable bonds is 7. The highest BCUT2D eigenvalue weighted by atomic mass is 16.5. The van der Waals surface area contributed by atoms with E-state index in [4.69, 9.17) is 4.74 Å². The van der Waals surface area contributed by atoms with Crippen molar-refractivity contribution in [1.82, 2.24) is 10.2 Å². The highest BCUT2D eigenvalue weighted by Crippen LogP contribution is 2.16. The fourth-order valence-corrected chi connectivity index (χ4v) is 2.67. The third-order valence-corrected chi connectivity index (χ3v) is 3.29. The molecule has 0 aromatic heterocycles. The summed E-state index contributed by atoms with van der Waals surface area (Å²) in [6.07, 6.45) is 4.09. The molecule has 1 rings (SSSR count). The van der Waals surface area contributed by atoms with Crippen LogP contribution in [0.5, 0.6) is 0 Å². The van der Waals surface area contributed by atoms with Crippen LogP contribution < -0.4 is 5.32 Å². The quantitative estimate of drug-likeness (QED) is 0.741. The largest absolute Gasteiger partial charge is 0.377 e. The van der Waals surface area contributed by atoms with Crippen molar-refractivity contribution in [2.24, 2.45) is 0 Å². The Labute approximate surface area is 107 Å². The van der Waals surface area contributed by atoms with E-state index < -0.39 is 0 Å². The van der Waals surface area contributed by atoms with Gasteiger partial charge in [-0.15, -0.1) is 0 Å². The van der Waals surface area contributed by atoms with Gasteiger partial charge in [0.15, 0.2) is 0 Å². The first-order valence-electron chi connectivity index (χ1n) is 7.16. The summed E-state index contributed by atoms with van der Waals surface area (Å²) >= 11 is 0. The van der Waals surface area contributed by atoms with Crippen molar-refractivity contribution >= 4 is 0 Å². The van der Waals surface area contributed by atoms with Gasteiger partial charge in [-0.05, 0) is 46.2 Å². The summed E-state index contributed by atoms with van der Waals surface area (Å²) in [5.74, 6) is 0. The zero-order valence-corrected chi connectivity index (χ0v) is 12.1. The molecule has 17 heavy (non-hydrogen) atoms. The lowest BCUT2D eigenvalue weighted by Crippen LogP contribution is -2.52. The Morgan fingerprint density at radius 3 is 2.76 bits per heavy atom. The summed E-state index contributed by atoms with van der Waals surface area (Å²) < 4.78 is 5.87. The average Bonchev–Trinajstić information content (AvgIpc) is 2.26. The summed E-state index contributed by atoms with van der Waals surface area (Å²) in [5, 5.41) is 3.54. The summed E-state index contributed by atoms with van der Waals surface area (Å²) in [4.78, 5) is 2.55. The Morgan fingerprint density at radius 2 is 2.12 bits per heavy atom. The maximum Gasteiger partial charge on any atom is 0.0702 e. The van der Waals surface area contributed by atoms with Gasteiger partial charge in [0, 0.05) is 25.2 Å². The minimum absolute atomic E-state index is 0.210. The zero-order valence-electron chi connectivity index (χ0n) is 12.1. The van der Waals surface area contributed by atoms with Crippen molar-refractivity contribution in [3.05, 3.63) is 0 Å². The highest BCUT2D eigenvalue weighted by Gasteiger charge is 2.25. The molecule has 1 unspecified atom stereocenters. The van der Waals surface area contributed by atoms with Crippen molar-refractivity contribution in [1.29, 1.82) is 0 Å². The first-order valence-corrected chi connectivity index (χ1v) is 7.16. The molecular weight excluding hydrogens is 212 g/mol. The van der Waals surface area contributed by atoms with Crippen LogP contribution in [0, 0.1) is 0 Å². The highest BCUT2D eigenvalue weighted by molar-refractivity contribution is 4.84. The SMILES string of the molecule is CCCOC1CCCN(CC(C)(C)NCC)C1. The van der Waals surface area contributed by atoms with E-state index in [1.807, 2.05) is 0 Å². The van der Waals surface area contributed by atoms with Crippen LogP contribution in [-0.4, -0.2) is 49.3 Å². The van der Waals surface area contributed by atoms with E-state index in [1.54, 1.807) is 0 Å². The molecule has 1 N–H and O–H groups in total. The molecule has 1 saturated heterocycles. The molecule has 3 heteroatoms. The van der Waals surface area contributed by atoms with Crippen LogP contribution in [-0.2, 0) is 4.74 Å². The number of nitrogens with one attached hydrogen (secondary N) is 1. The van der Waals surface area contributed by atoms with Crippen LogP contribution in [0.3, 0.4) is 0 Å². The molecule has 0 saturated carbocycles. The second-order valence-corrected chi connectivity index (χ2v) is 5.78. The van der Waals surface area contributed by atoms with Crippen LogP contribution in [0.15, 0.2) is 0 Å². The van der Waals surface area contributed by atoms with E-state index in [2.05, 4.69) is 37.9 Å². The summed E-state index contributed by atoms with van der Waals surface area (Å²) in [5.41, 5.74) is 0.210. The number of hydrogen-bond acceptors (Lipinski definition) is 3. The number of piperidine rings is 1. The maximum absolute atomic E-state index is 5.87. The normalized spacial score (nSPS) is 22.9. The van der Waals surface area contributed by atoms with Gasteiger partial charge >= 0.3 is 0 Å². The van der Waals surface area contributed by atoms with Crippen molar-refractivity contribution < 1.29 is 4.74 Å². The van der Waals surface area contributed by atoms with E-state index in [1.165, 1.54) is 19.4 Å². The first-order chi connectivity index (χ1) is 8.07. The van der Waals surface area contributed by atoms with Gasteiger partial charge in [0.25, 0.3) is 0 Å². The van der Waals surface area contributed by atoms with E-state index in [-0.39, 0.29) is 5.54 Å². The summed E-state index contributed by atoms with van der Waals surface area (Å²) in [6.45, 7) is 14.3. The number of hydrogen-bond donors (Lipinski definition) is 1. The molecule has 1 aliphatic heterocycles. The number of likely N-dealkylation sites (N-methyl/N-ethyl adjacent to an activating group) is 1. The molecule has 0 radical (unpaired) electrons. The standard InChI is InChI=1S/C14H30N2O/c1-5-10-17-13-8-7-9-16(11-13)12-14(3,4)15-6-2/h13,15H,5-12H2,1-4H3. The lowest BCUT2D eigenvalue weighted by molar-refractivity contribution is -0.00558. The lowest BCUT2D eigenvalue weighted by Gasteiger charge is -2.38. The van der Waals surface area contributed by atoms with Crippen LogP contribution in [0.25, 0.3) is 0 Å². The van der Waals surface area contributed by atoms with E-state index in [0.29, 0.717) is 6.10 Å². The molecule has 1 heterocycles. The van der Waals surface area contributed by atoms with Gasteiger partial charge in [-0.2, -0.15) is 0 Å². The smallest absolute Gasteiger partial charge is 0.0702 e. The molecule has 0 bridgehead atoms. The molecule has 0 aromatic rings. The number of likely N-dealkylation sites (tertiary alicyclic amines) is 1. The molecule has 1 atom stereocenters. The topological polar surface area (TPSA) is 24.5 Å². The van der Waals surface area contributed by atoms with Gasteiger partial charge in [-0.3, -0.25) is 4.90 Å². The van der Waals surface area contributed by atoms with Gasteiger partial charge in [0.05, 0.1) is 6.10 Å². The maximum atomic E-state index is 5.87. The number of nitrogens with zero attached hydrogens (tertiary/aromatic N) is 1. The molecule has 102 valence electrons. The van der Waals surface area contributed by atoms with Crippen molar-refractivity contribution in [2.45, 2.75) is 58.6 Å². The van der Waals surface area contributed by atoms with Crippen molar-refractivity contribution in [2.75, 3.05) is 32.8 Å². The van der Waals surface area contributed by atoms with Crippen LogP contribution in [0.1, 0.15) is 47.0 Å². The third-order valence-electron chi connectivity index (χ3n) is 3.29. The Bertz CT molecular complexity index is 206. The van der Waals surface area contributed by atoms with E-state index >= 15 is 0 Å². The number of ether oxygens (including phenoxy) is 1. The predicted octanol–water partition coefficient (Wildman–Crippen LogP) is 2.27. The summed E-state index contributed by atoms with van der Waals surface area (Å²) in [6, 6.07) is 0. The van der Waals surface area contributed by atoms with Crippen LogP contribution in [0.2, 0.25) is 0 Å². The van der Waals surface area contributed by atoms with Gasteiger partial charge in [-0.1, -0.05) is 13.8 Å². The predicted molar refractivity (Wildman–Crippen MR) is 73.5 cm³/mol. The molecular formula is C14H30N2O. The van der Waals surface area contributed by atoms with Crippen LogP contribution >= 0.6 is 0 Å². The average molecular weight is 242 g/mol. The second kappa shape index (κ2) is 7.34. The fourth-order valence-electron chi connectivity index (χ4n) is 2.67. The molecule has 0 aromatic carbocycles. The minimum Gasteiger partial charge on any atom is -0.377 e. The Kier molecular flexibility index (Phi) is 6.45. The Balaban J connectivity index is 2.33. The van der Waals surface area contributed by atoms with Gasteiger partial charge in [0.1, 0.15) is 0 Å². The summed E-state index contributed by atoms with van der Waals surface area (Å²) in [7, 11) is 0. The van der Waals surface area contributed by atoms with Crippen LogP contribution in [0.4, 0.5) is 0 Å². The molecule has 0 spiro atoms. The monoisotopic (exact) mass is 242 g/mol.